The van der Waals surface area contributed by atoms with Gasteiger partial charge in [-0.15, -0.1) is 0 Å². The Kier molecular flexibility index (Phi) is 12.1. The van der Waals surface area contributed by atoms with E-state index >= 15 is 0 Å². The molecule has 0 amide bonds. The minimum absolute atomic E-state index is 0. The van der Waals surface area contributed by atoms with E-state index in [1.807, 2.05) is 0 Å². The predicted molar refractivity (Wildman–Crippen MR) is 92.1 cm³/mol. The van der Waals surface area contributed by atoms with Gasteiger partial charge in [0.15, 0.2) is 0 Å². The van der Waals surface area contributed by atoms with Gasteiger partial charge >= 0.3 is 0 Å². The topological polar surface area (TPSA) is 43.4 Å². The fourth-order valence-electron chi connectivity index (χ4n) is 2.01. The molecule has 21 heavy (non-hydrogen) atoms. The van der Waals surface area contributed by atoms with E-state index in [0.717, 1.165) is 25.2 Å². The summed E-state index contributed by atoms with van der Waals surface area (Å²) in [6.07, 6.45) is 6.75. The zero-order valence-electron chi connectivity index (χ0n) is 13.3. The van der Waals surface area contributed by atoms with Crippen molar-refractivity contribution in [2.24, 2.45) is 5.92 Å². The summed E-state index contributed by atoms with van der Waals surface area (Å²) < 4.78 is 28.7. The molecule has 1 aromatic rings. The third-order valence-electron chi connectivity index (χ3n) is 3.20. The molecule has 2 radical (unpaired) electrons. The van der Waals surface area contributed by atoms with E-state index in [-0.39, 0.29) is 52.1 Å². The van der Waals surface area contributed by atoms with Crippen LogP contribution in [0.3, 0.4) is 0 Å². The summed E-state index contributed by atoms with van der Waals surface area (Å²) in [4.78, 5) is 0.233. The second kappa shape index (κ2) is 11.9. The second-order valence-electron chi connectivity index (χ2n) is 5.54. The molecule has 0 spiro atoms. The predicted octanol–water partition coefficient (Wildman–Crippen LogP) is 4.50. The molecule has 0 N–H and O–H groups in total. The van der Waals surface area contributed by atoms with Crippen molar-refractivity contribution < 1.29 is 15.5 Å². The molecule has 0 bridgehead atoms. The van der Waals surface area contributed by atoms with Crippen LogP contribution in [-0.2, 0) is 14.3 Å². The maximum atomic E-state index is 11.8. The van der Waals surface area contributed by atoms with Gasteiger partial charge in [-0.1, -0.05) is 64.2 Å². The van der Waals surface area contributed by atoms with Crippen LogP contribution in [0.1, 0.15) is 55.2 Å². The van der Waals surface area contributed by atoms with Gasteiger partial charge in [0.2, 0.25) is 0 Å². The largest absolute Gasteiger partial charge is 0.296 e. The molecule has 120 valence electrons. The number of hydrogen-bond acceptors (Lipinski definition) is 3. The molecule has 1 rings (SSSR count). The molecule has 0 unspecified atom stereocenters. The van der Waals surface area contributed by atoms with Crippen molar-refractivity contribution in [1.29, 1.82) is 0 Å². The smallest absolute Gasteiger partial charge is 0.266 e. The second-order valence-corrected chi connectivity index (χ2v) is 7.15. The number of rotatable bonds is 10. The van der Waals surface area contributed by atoms with Crippen LogP contribution < -0.4 is 0 Å². The monoisotopic (exact) mass is 342 g/mol. The van der Waals surface area contributed by atoms with Crippen LogP contribution in [0.25, 0.3) is 0 Å². The van der Waals surface area contributed by atoms with Gasteiger partial charge in [0.25, 0.3) is 10.1 Å². The van der Waals surface area contributed by atoms with Crippen LogP contribution in [0, 0.1) is 5.92 Å². The van der Waals surface area contributed by atoms with Crippen molar-refractivity contribution >= 4 is 47.9 Å². The molecule has 3 nitrogen and oxygen atoms in total. The third kappa shape index (κ3) is 9.90. The fraction of sp³-hybridized carbons (Fsp3) is 0.625. The summed E-state index contributed by atoms with van der Waals surface area (Å²) in [6.45, 7) is 4.76. The van der Waals surface area contributed by atoms with E-state index in [2.05, 4.69) is 13.8 Å². The van der Waals surface area contributed by atoms with Crippen LogP contribution in [0.4, 0.5) is 0 Å². The van der Waals surface area contributed by atoms with Gasteiger partial charge in [-0.05, 0) is 24.5 Å². The summed E-state index contributed by atoms with van der Waals surface area (Å²) in [6, 6.07) is 8.30. The molecule has 5 heteroatoms. The molecular formula is C16H30CaO3S. The van der Waals surface area contributed by atoms with Gasteiger partial charge in [0, 0.05) is 40.6 Å². The minimum atomic E-state index is -3.57. The van der Waals surface area contributed by atoms with E-state index in [1.165, 1.54) is 19.3 Å². The Bertz CT molecular complexity index is 467. The van der Waals surface area contributed by atoms with Gasteiger partial charge in [-0.25, -0.2) is 0 Å². The number of benzene rings is 1. The van der Waals surface area contributed by atoms with Crippen molar-refractivity contribution in [3.8, 4) is 0 Å². The minimum Gasteiger partial charge on any atom is -0.266 e. The average Bonchev–Trinajstić information content (AvgIpc) is 2.42. The quantitative estimate of drug-likeness (QED) is 0.357. The first-order valence-electron chi connectivity index (χ1n) is 7.47. The summed E-state index contributed by atoms with van der Waals surface area (Å²) in [5.41, 5.74) is 0. The molecule has 0 heterocycles. The molecule has 0 atom stereocenters. The fourth-order valence-corrected chi connectivity index (χ4v) is 2.97. The maximum absolute atomic E-state index is 11.8. The van der Waals surface area contributed by atoms with Gasteiger partial charge in [0.1, 0.15) is 0 Å². The molecule has 1 aromatic carbocycles. The first-order chi connectivity index (χ1) is 9.52. The van der Waals surface area contributed by atoms with E-state index in [9.17, 15) is 8.42 Å². The van der Waals surface area contributed by atoms with Crippen molar-refractivity contribution in [3.63, 3.8) is 0 Å². The Hall–Kier alpha value is 0.390. The summed E-state index contributed by atoms with van der Waals surface area (Å²) in [7, 11) is -3.57. The van der Waals surface area contributed by atoms with Crippen LogP contribution in [-0.4, -0.2) is 52.8 Å². The average molecular weight is 343 g/mol. The standard InChI is InChI=1S/C16H26O3S.Ca.2H2/c1-15(2)11-7-4-3-5-10-14-19-20(17,18)16-12-8-6-9-13-16;;;/h6,8-9,12-13,15H,3-5,7,10-11,14H2,1-2H3;;2*1H. The summed E-state index contributed by atoms with van der Waals surface area (Å²) in [5, 5.41) is 0. The van der Waals surface area contributed by atoms with Crippen LogP contribution in [0.5, 0.6) is 0 Å². The number of unbranched alkanes of at least 4 members (excludes halogenated alkanes) is 4. The zero-order valence-corrected chi connectivity index (χ0v) is 16.3. The number of hydrogen-bond donors (Lipinski definition) is 0. The first kappa shape index (κ1) is 21.4. The zero-order chi connectivity index (χ0) is 14.8. The summed E-state index contributed by atoms with van der Waals surface area (Å²) in [5.74, 6) is 0.773. The van der Waals surface area contributed by atoms with Gasteiger partial charge < -0.3 is 0 Å². The SMILES string of the molecule is CC(C)CCCCCCCOS(=O)(=O)c1ccccc1.[Ca].[HH].[HH]. The Morgan fingerprint density at radius 2 is 1.57 bits per heavy atom. The third-order valence-corrected chi connectivity index (χ3v) is 4.52. The molecule has 0 aliphatic carbocycles. The molecule has 0 aliphatic heterocycles. The van der Waals surface area contributed by atoms with E-state index in [4.69, 9.17) is 4.18 Å². The summed E-state index contributed by atoms with van der Waals surface area (Å²) >= 11 is 0. The van der Waals surface area contributed by atoms with Gasteiger partial charge in [-0.2, -0.15) is 8.42 Å². The van der Waals surface area contributed by atoms with Crippen molar-refractivity contribution in [1.82, 2.24) is 0 Å². The van der Waals surface area contributed by atoms with Crippen LogP contribution >= 0.6 is 0 Å². The Labute approximate surface area is 162 Å². The molecule has 0 aliphatic rings. The first-order valence-corrected chi connectivity index (χ1v) is 8.87. The van der Waals surface area contributed by atoms with Gasteiger partial charge in [0.05, 0.1) is 11.5 Å². The normalized spacial score (nSPS) is 11.4. The van der Waals surface area contributed by atoms with E-state index in [1.54, 1.807) is 30.3 Å². The molecule has 0 aromatic heterocycles. The van der Waals surface area contributed by atoms with E-state index < -0.39 is 10.1 Å². The molecule has 0 fully saturated rings. The van der Waals surface area contributed by atoms with E-state index in [0.29, 0.717) is 0 Å². The van der Waals surface area contributed by atoms with Gasteiger partial charge in [-0.3, -0.25) is 4.18 Å². The Morgan fingerprint density at radius 3 is 2.19 bits per heavy atom. The Morgan fingerprint density at radius 1 is 1.00 bits per heavy atom. The van der Waals surface area contributed by atoms with Crippen molar-refractivity contribution in [3.05, 3.63) is 30.3 Å². The Balaban J connectivity index is -0.00000133. The van der Waals surface area contributed by atoms with Crippen molar-refractivity contribution in [2.45, 2.75) is 57.3 Å². The van der Waals surface area contributed by atoms with Crippen LogP contribution in [0.2, 0.25) is 0 Å². The maximum Gasteiger partial charge on any atom is 0.296 e. The van der Waals surface area contributed by atoms with Crippen LogP contribution in [0.15, 0.2) is 35.2 Å². The van der Waals surface area contributed by atoms with Crippen molar-refractivity contribution in [2.75, 3.05) is 6.61 Å². The molecule has 0 saturated heterocycles. The molecular weight excluding hydrogens is 312 g/mol. The molecule has 0 saturated carbocycles.